The summed E-state index contributed by atoms with van der Waals surface area (Å²) in [5.41, 5.74) is 1.31. The number of nitrogens with one attached hydrogen (secondary N) is 1. The number of phenolic OH excluding ortho intramolecular Hbond substituents is 1. The lowest BCUT2D eigenvalue weighted by atomic mass is 9.73. The Labute approximate surface area is 93.9 Å². The monoisotopic (exact) mass is 218 g/mol. The summed E-state index contributed by atoms with van der Waals surface area (Å²) in [5, 5.41) is 12.4. The topological polar surface area (TPSA) is 52.6 Å². The number of carbonyl (C=O) groups excluding carboxylic acids is 1. The summed E-state index contributed by atoms with van der Waals surface area (Å²) in [6.07, 6.45) is 2.88. The van der Waals surface area contributed by atoms with E-state index in [9.17, 15) is 9.90 Å². The zero-order valence-electron chi connectivity index (χ0n) is 9.16. The molecule has 4 nitrogen and oxygen atoms in total. The summed E-state index contributed by atoms with van der Waals surface area (Å²) in [4.78, 5) is 14.0. The smallest absolute Gasteiger partial charge is 0.250 e. The first-order valence-corrected chi connectivity index (χ1v) is 5.52. The van der Waals surface area contributed by atoms with Crippen molar-refractivity contribution in [3.63, 3.8) is 0 Å². The molecule has 1 aliphatic heterocycles. The lowest BCUT2D eigenvalue weighted by Gasteiger charge is -2.51. The maximum absolute atomic E-state index is 12.0. The summed E-state index contributed by atoms with van der Waals surface area (Å²) in [5.74, 6) is 0.315. The van der Waals surface area contributed by atoms with Crippen molar-refractivity contribution in [3.8, 4) is 5.75 Å². The van der Waals surface area contributed by atoms with Crippen LogP contribution in [0.4, 0.5) is 11.4 Å². The number of rotatable bonds is 0. The Kier molecular flexibility index (Phi) is 1.73. The fourth-order valence-electron chi connectivity index (χ4n) is 2.60. The SMILES string of the molecule is CN1c2cc(O)ccc2NC(=O)C12CCC2. The molecule has 0 unspecified atom stereocenters. The molecule has 0 aromatic heterocycles. The number of aromatic hydroxyl groups is 1. The molecule has 1 amide bonds. The van der Waals surface area contributed by atoms with Crippen LogP contribution in [0.25, 0.3) is 0 Å². The predicted octanol–water partition coefficient (Wildman–Crippen LogP) is 1.70. The van der Waals surface area contributed by atoms with Crippen molar-refractivity contribution in [1.82, 2.24) is 0 Å². The zero-order chi connectivity index (χ0) is 11.3. The van der Waals surface area contributed by atoms with E-state index in [2.05, 4.69) is 5.32 Å². The first-order chi connectivity index (χ1) is 7.63. The van der Waals surface area contributed by atoms with Gasteiger partial charge in [0, 0.05) is 13.1 Å². The van der Waals surface area contributed by atoms with E-state index in [1.807, 2.05) is 11.9 Å². The molecule has 0 bridgehead atoms. The molecule has 1 spiro atoms. The average molecular weight is 218 g/mol. The van der Waals surface area contributed by atoms with E-state index in [0.29, 0.717) is 0 Å². The van der Waals surface area contributed by atoms with Crippen molar-refractivity contribution in [1.29, 1.82) is 0 Å². The first kappa shape index (κ1) is 9.51. The van der Waals surface area contributed by atoms with Gasteiger partial charge in [0.1, 0.15) is 11.3 Å². The van der Waals surface area contributed by atoms with Crippen LogP contribution in [-0.2, 0) is 4.79 Å². The van der Waals surface area contributed by atoms with Crippen LogP contribution in [-0.4, -0.2) is 23.6 Å². The predicted molar refractivity (Wildman–Crippen MR) is 61.7 cm³/mol. The fourth-order valence-corrected chi connectivity index (χ4v) is 2.60. The average Bonchev–Trinajstić information content (AvgIpc) is 2.17. The minimum absolute atomic E-state index is 0.0828. The Morgan fingerprint density at radius 3 is 2.81 bits per heavy atom. The van der Waals surface area contributed by atoms with Gasteiger partial charge < -0.3 is 15.3 Å². The number of nitrogens with zero attached hydrogens (tertiary/aromatic N) is 1. The summed E-state index contributed by atoms with van der Waals surface area (Å²) in [6.45, 7) is 0. The fraction of sp³-hybridized carbons (Fsp3) is 0.417. The molecule has 1 saturated carbocycles. The molecular weight excluding hydrogens is 204 g/mol. The van der Waals surface area contributed by atoms with Crippen molar-refractivity contribution in [2.24, 2.45) is 0 Å². The summed E-state index contributed by atoms with van der Waals surface area (Å²) >= 11 is 0. The second-order valence-electron chi connectivity index (χ2n) is 4.60. The molecule has 4 heteroatoms. The number of hydrogen-bond acceptors (Lipinski definition) is 3. The molecule has 1 heterocycles. The van der Waals surface area contributed by atoms with Gasteiger partial charge in [0.25, 0.3) is 0 Å². The molecule has 1 fully saturated rings. The molecule has 16 heavy (non-hydrogen) atoms. The normalized spacial score (nSPS) is 21.3. The maximum atomic E-state index is 12.0. The van der Waals surface area contributed by atoms with Crippen LogP contribution >= 0.6 is 0 Å². The van der Waals surface area contributed by atoms with Crippen LogP contribution in [0, 0.1) is 0 Å². The highest BCUT2D eigenvalue weighted by Crippen LogP contribution is 2.46. The number of carbonyl (C=O) groups is 1. The van der Waals surface area contributed by atoms with Crippen LogP contribution in [0.2, 0.25) is 0 Å². The highest BCUT2D eigenvalue weighted by atomic mass is 16.3. The van der Waals surface area contributed by atoms with Gasteiger partial charge >= 0.3 is 0 Å². The number of likely N-dealkylation sites (N-methyl/N-ethyl adjacent to an activating group) is 1. The molecule has 2 aliphatic rings. The van der Waals surface area contributed by atoms with Gasteiger partial charge in [-0.2, -0.15) is 0 Å². The lowest BCUT2D eigenvalue weighted by molar-refractivity contribution is -0.124. The molecule has 2 N–H and O–H groups in total. The lowest BCUT2D eigenvalue weighted by Crippen LogP contribution is -2.62. The van der Waals surface area contributed by atoms with Crippen molar-refractivity contribution in [3.05, 3.63) is 18.2 Å². The van der Waals surface area contributed by atoms with Gasteiger partial charge in [-0.05, 0) is 31.4 Å². The Hall–Kier alpha value is -1.71. The third kappa shape index (κ3) is 1.01. The number of fused-ring (bicyclic) bond motifs is 1. The molecule has 0 radical (unpaired) electrons. The Morgan fingerprint density at radius 1 is 1.44 bits per heavy atom. The maximum Gasteiger partial charge on any atom is 0.250 e. The van der Waals surface area contributed by atoms with Gasteiger partial charge in [-0.1, -0.05) is 0 Å². The van der Waals surface area contributed by atoms with Gasteiger partial charge in [-0.25, -0.2) is 0 Å². The second-order valence-corrected chi connectivity index (χ2v) is 4.60. The highest BCUT2D eigenvalue weighted by Gasteiger charge is 2.50. The van der Waals surface area contributed by atoms with E-state index in [1.165, 1.54) is 0 Å². The minimum atomic E-state index is -0.374. The quantitative estimate of drug-likeness (QED) is 0.652. The molecule has 0 atom stereocenters. The summed E-state index contributed by atoms with van der Waals surface area (Å²) in [6, 6.07) is 5.03. The molecule has 84 valence electrons. The van der Waals surface area contributed by atoms with E-state index in [-0.39, 0.29) is 17.2 Å². The number of hydrogen-bond donors (Lipinski definition) is 2. The van der Waals surface area contributed by atoms with Crippen molar-refractivity contribution in [2.75, 3.05) is 17.3 Å². The summed E-state index contributed by atoms with van der Waals surface area (Å²) < 4.78 is 0. The van der Waals surface area contributed by atoms with Crippen molar-refractivity contribution in [2.45, 2.75) is 24.8 Å². The van der Waals surface area contributed by atoms with Crippen molar-refractivity contribution >= 4 is 17.3 Å². The molecule has 3 rings (SSSR count). The standard InChI is InChI=1S/C12H14N2O2/c1-14-10-7-8(15)3-4-9(10)13-11(16)12(14)5-2-6-12/h3-4,7,15H,2,5-6H2,1H3,(H,13,16). The van der Waals surface area contributed by atoms with E-state index in [4.69, 9.17) is 0 Å². The minimum Gasteiger partial charge on any atom is -0.508 e. The van der Waals surface area contributed by atoms with E-state index in [1.54, 1.807) is 18.2 Å². The van der Waals surface area contributed by atoms with E-state index >= 15 is 0 Å². The molecule has 1 aliphatic carbocycles. The third-order valence-corrected chi connectivity index (χ3v) is 3.84. The molecule has 1 aromatic rings. The van der Waals surface area contributed by atoms with Gasteiger partial charge in [0.05, 0.1) is 11.4 Å². The molecule has 0 saturated heterocycles. The van der Waals surface area contributed by atoms with Crippen LogP contribution in [0.3, 0.4) is 0 Å². The van der Waals surface area contributed by atoms with Crippen LogP contribution in [0.1, 0.15) is 19.3 Å². The Bertz CT molecular complexity index is 466. The largest absolute Gasteiger partial charge is 0.508 e. The highest BCUT2D eigenvalue weighted by molar-refractivity contribution is 6.07. The van der Waals surface area contributed by atoms with Gasteiger partial charge in [0.15, 0.2) is 0 Å². The van der Waals surface area contributed by atoms with Gasteiger partial charge in [-0.3, -0.25) is 4.79 Å². The zero-order valence-corrected chi connectivity index (χ0v) is 9.16. The number of anilines is 2. The first-order valence-electron chi connectivity index (χ1n) is 5.52. The Balaban J connectivity index is 2.11. The van der Waals surface area contributed by atoms with Crippen molar-refractivity contribution < 1.29 is 9.90 Å². The summed E-state index contributed by atoms with van der Waals surface area (Å²) in [7, 11) is 1.93. The Morgan fingerprint density at radius 2 is 2.19 bits per heavy atom. The van der Waals surface area contributed by atoms with E-state index < -0.39 is 0 Å². The van der Waals surface area contributed by atoms with Crippen LogP contribution in [0.15, 0.2) is 18.2 Å². The number of amides is 1. The molecule has 1 aromatic carbocycles. The number of benzene rings is 1. The van der Waals surface area contributed by atoms with Gasteiger partial charge in [0.2, 0.25) is 5.91 Å². The number of phenols is 1. The molecular formula is C12H14N2O2. The van der Waals surface area contributed by atoms with E-state index in [0.717, 1.165) is 30.6 Å². The third-order valence-electron chi connectivity index (χ3n) is 3.84. The second kappa shape index (κ2) is 2.90. The van der Waals surface area contributed by atoms with Crippen LogP contribution in [0.5, 0.6) is 5.75 Å². The van der Waals surface area contributed by atoms with Gasteiger partial charge in [-0.15, -0.1) is 0 Å². The van der Waals surface area contributed by atoms with Crippen LogP contribution < -0.4 is 10.2 Å².